The molecule has 0 saturated carbocycles. The van der Waals surface area contributed by atoms with Crippen molar-refractivity contribution < 1.29 is 27.6 Å². The highest BCUT2D eigenvalue weighted by atomic mass is 19.4. The Bertz CT molecular complexity index is 1260. The Morgan fingerprint density at radius 1 is 0.784 bits per heavy atom. The van der Waals surface area contributed by atoms with E-state index in [1.807, 2.05) is 13.8 Å². The Hall–Kier alpha value is -4.34. The number of nitrogens with one attached hydrogen (secondary N) is 4. The molecule has 10 heteroatoms. The summed E-state index contributed by atoms with van der Waals surface area (Å²) in [5.74, 6) is -1.17. The molecule has 4 N–H and O–H groups in total. The van der Waals surface area contributed by atoms with Gasteiger partial charge in [0.15, 0.2) is 0 Å². The molecule has 3 rings (SSSR count). The van der Waals surface area contributed by atoms with Gasteiger partial charge >= 0.3 is 6.18 Å². The van der Waals surface area contributed by atoms with E-state index in [4.69, 9.17) is 0 Å². The first kappa shape index (κ1) is 27.3. The van der Waals surface area contributed by atoms with Gasteiger partial charge in [0.1, 0.15) is 0 Å². The lowest BCUT2D eigenvalue weighted by Crippen LogP contribution is -2.31. The van der Waals surface area contributed by atoms with Crippen LogP contribution in [0.5, 0.6) is 0 Å². The van der Waals surface area contributed by atoms with Gasteiger partial charge in [-0.1, -0.05) is 19.1 Å². The Balaban J connectivity index is 1.54. The molecule has 0 aliphatic carbocycles. The minimum absolute atomic E-state index is 0.00170. The molecule has 37 heavy (non-hydrogen) atoms. The van der Waals surface area contributed by atoms with E-state index >= 15 is 0 Å². The lowest BCUT2D eigenvalue weighted by molar-refractivity contribution is -0.137. The predicted molar refractivity (Wildman–Crippen MR) is 137 cm³/mol. The number of halogens is 3. The van der Waals surface area contributed by atoms with Crippen LogP contribution in [0, 0.1) is 0 Å². The zero-order chi connectivity index (χ0) is 27.0. The summed E-state index contributed by atoms with van der Waals surface area (Å²) in [6.45, 7) is 3.83. The van der Waals surface area contributed by atoms with E-state index in [1.165, 1.54) is 24.3 Å². The largest absolute Gasteiger partial charge is 0.416 e. The van der Waals surface area contributed by atoms with Gasteiger partial charge in [0, 0.05) is 34.2 Å². The molecule has 0 heterocycles. The molecular weight excluding hydrogens is 485 g/mol. The van der Waals surface area contributed by atoms with Crippen molar-refractivity contribution in [3.63, 3.8) is 0 Å². The van der Waals surface area contributed by atoms with Gasteiger partial charge in [-0.05, 0) is 74.0 Å². The van der Waals surface area contributed by atoms with E-state index in [0.29, 0.717) is 16.9 Å². The Morgan fingerprint density at radius 3 is 2.08 bits per heavy atom. The summed E-state index contributed by atoms with van der Waals surface area (Å²) in [6, 6.07) is 17.1. The molecule has 3 aromatic rings. The molecule has 0 bridgehead atoms. The SMILES string of the molecule is CCC(C)NC(=O)c1ccc(NCC(=O)Nc2cccc(C(=O)Nc3cccc(C(F)(F)F)c3)c2)cc1. The average molecular weight is 513 g/mol. The number of carbonyl (C=O) groups excluding carboxylic acids is 3. The second kappa shape index (κ2) is 12.1. The number of alkyl halides is 3. The Labute approximate surface area is 212 Å². The van der Waals surface area contributed by atoms with E-state index in [-0.39, 0.29) is 35.7 Å². The van der Waals surface area contributed by atoms with Gasteiger partial charge in [-0.15, -0.1) is 0 Å². The number of anilines is 3. The van der Waals surface area contributed by atoms with Gasteiger partial charge in [-0.25, -0.2) is 0 Å². The van der Waals surface area contributed by atoms with Crippen LogP contribution in [-0.2, 0) is 11.0 Å². The minimum Gasteiger partial charge on any atom is -0.376 e. The topological polar surface area (TPSA) is 99.3 Å². The Kier molecular flexibility index (Phi) is 8.89. The van der Waals surface area contributed by atoms with Gasteiger partial charge < -0.3 is 21.3 Å². The van der Waals surface area contributed by atoms with Gasteiger partial charge in [-0.2, -0.15) is 13.2 Å². The number of rotatable bonds is 9. The summed E-state index contributed by atoms with van der Waals surface area (Å²) in [5.41, 5.74) is 0.791. The van der Waals surface area contributed by atoms with Crippen molar-refractivity contribution in [3.05, 3.63) is 89.5 Å². The molecule has 0 aliphatic rings. The van der Waals surface area contributed by atoms with E-state index < -0.39 is 17.6 Å². The minimum atomic E-state index is -4.52. The average Bonchev–Trinajstić information content (AvgIpc) is 2.87. The fraction of sp³-hybridized carbons (Fsp3) is 0.222. The quantitative estimate of drug-likeness (QED) is 0.303. The van der Waals surface area contributed by atoms with Gasteiger partial charge in [0.25, 0.3) is 11.8 Å². The van der Waals surface area contributed by atoms with Gasteiger partial charge in [0.2, 0.25) is 5.91 Å². The maximum Gasteiger partial charge on any atom is 0.416 e. The molecule has 0 saturated heterocycles. The summed E-state index contributed by atoms with van der Waals surface area (Å²) >= 11 is 0. The van der Waals surface area contributed by atoms with Crippen LogP contribution in [0.25, 0.3) is 0 Å². The van der Waals surface area contributed by atoms with Crippen LogP contribution in [0.4, 0.5) is 30.2 Å². The van der Waals surface area contributed by atoms with Crippen molar-refractivity contribution in [2.24, 2.45) is 0 Å². The van der Waals surface area contributed by atoms with Gasteiger partial charge in [-0.3, -0.25) is 14.4 Å². The van der Waals surface area contributed by atoms with Crippen LogP contribution in [0.15, 0.2) is 72.8 Å². The molecule has 0 radical (unpaired) electrons. The number of hydrogen-bond acceptors (Lipinski definition) is 4. The van der Waals surface area contributed by atoms with Crippen molar-refractivity contribution in [3.8, 4) is 0 Å². The highest BCUT2D eigenvalue weighted by Crippen LogP contribution is 2.30. The fourth-order valence-corrected chi connectivity index (χ4v) is 3.25. The van der Waals surface area contributed by atoms with Crippen molar-refractivity contribution in [1.29, 1.82) is 0 Å². The Morgan fingerprint density at radius 2 is 1.43 bits per heavy atom. The summed E-state index contributed by atoms with van der Waals surface area (Å²) in [5, 5.41) is 10.9. The zero-order valence-electron chi connectivity index (χ0n) is 20.3. The maximum atomic E-state index is 12.9. The van der Waals surface area contributed by atoms with E-state index in [9.17, 15) is 27.6 Å². The number of benzene rings is 3. The maximum absolute atomic E-state index is 12.9. The van der Waals surface area contributed by atoms with Crippen LogP contribution in [0.1, 0.15) is 46.5 Å². The standard InChI is InChI=1S/C27H27F3N4O3/c1-3-17(2)32-25(36)18-10-12-21(13-11-18)31-16-24(35)33-22-8-4-6-19(14-22)26(37)34-23-9-5-7-20(15-23)27(28,29)30/h4-15,17,31H,3,16H2,1-2H3,(H,32,36)(H,33,35)(H,34,37). The van der Waals surface area contributed by atoms with E-state index in [1.54, 1.807) is 36.4 Å². The molecule has 1 unspecified atom stereocenters. The first-order chi connectivity index (χ1) is 17.5. The van der Waals surface area contributed by atoms with Crippen LogP contribution < -0.4 is 21.3 Å². The number of hydrogen-bond donors (Lipinski definition) is 4. The first-order valence-electron chi connectivity index (χ1n) is 11.6. The second-order valence-corrected chi connectivity index (χ2v) is 8.38. The molecular formula is C27H27F3N4O3. The molecule has 7 nitrogen and oxygen atoms in total. The lowest BCUT2D eigenvalue weighted by Gasteiger charge is -2.12. The summed E-state index contributed by atoms with van der Waals surface area (Å²) in [7, 11) is 0. The first-order valence-corrected chi connectivity index (χ1v) is 11.6. The molecule has 0 aromatic heterocycles. The third-order valence-corrected chi connectivity index (χ3v) is 5.45. The molecule has 0 fully saturated rings. The third kappa shape index (κ3) is 8.09. The molecule has 0 aliphatic heterocycles. The van der Waals surface area contributed by atoms with Crippen molar-refractivity contribution in [2.75, 3.05) is 22.5 Å². The summed E-state index contributed by atoms with van der Waals surface area (Å²) in [6.07, 6.45) is -3.70. The normalized spacial score (nSPS) is 11.8. The highest BCUT2D eigenvalue weighted by molar-refractivity contribution is 6.05. The predicted octanol–water partition coefficient (Wildman–Crippen LogP) is 5.54. The number of amides is 3. The van der Waals surface area contributed by atoms with Crippen molar-refractivity contribution in [1.82, 2.24) is 5.32 Å². The van der Waals surface area contributed by atoms with Crippen LogP contribution in [0.2, 0.25) is 0 Å². The molecule has 194 valence electrons. The summed E-state index contributed by atoms with van der Waals surface area (Å²) in [4.78, 5) is 37.1. The molecule has 1 atom stereocenters. The molecule has 3 aromatic carbocycles. The summed E-state index contributed by atoms with van der Waals surface area (Å²) < 4.78 is 38.7. The number of carbonyl (C=O) groups is 3. The fourth-order valence-electron chi connectivity index (χ4n) is 3.25. The lowest BCUT2D eigenvalue weighted by atomic mass is 10.1. The van der Waals surface area contributed by atoms with Crippen LogP contribution in [-0.4, -0.2) is 30.3 Å². The highest BCUT2D eigenvalue weighted by Gasteiger charge is 2.30. The van der Waals surface area contributed by atoms with Gasteiger partial charge in [0.05, 0.1) is 12.1 Å². The van der Waals surface area contributed by atoms with Crippen molar-refractivity contribution in [2.45, 2.75) is 32.5 Å². The zero-order valence-corrected chi connectivity index (χ0v) is 20.3. The monoisotopic (exact) mass is 512 g/mol. The second-order valence-electron chi connectivity index (χ2n) is 8.38. The van der Waals surface area contributed by atoms with E-state index in [2.05, 4.69) is 21.3 Å². The third-order valence-electron chi connectivity index (χ3n) is 5.45. The van der Waals surface area contributed by atoms with Crippen LogP contribution >= 0.6 is 0 Å². The van der Waals surface area contributed by atoms with E-state index in [0.717, 1.165) is 18.6 Å². The van der Waals surface area contributed by atoms with Crippen LogP contribution in [0.3, 0.4) is 0 Å². The smallest absolute Gasteiger partial charge is 0.376 e. The van der Waals surface area contributed by atoms with Crippen molar-refractivity contribution >= 4 is 34.8 Å². The molecule has 0 spiro atoms. The molecule has 3 amide bonds.